The second kappa shape index (κ2) is 8.06. The van der Waals surface area contributed by atoms with Gasteiger partial charge in [-0.1, -0.05) is 25.7 Å². The summed E-state index contributed by atoms with van der Waals surface area (Å²) >= 11 is 0. The molecule has 0 atom stereocenters. The van der Waals surface area contributed by atoms with Crippen molar-refractivity contribution in [2.45, 2.75) is 57.4 Å². The number of hydrogen-bond acceptors (Lipinski definition) is 3. The van der Waals surface area contributed by atoms with E-state index in [0.29, 0.717) is 0 Å². The molecule has 0 aromatic heterocycles. The van der Waals surface area contributed by atoms with Crippen LogP contribution >= 0.6 is 0 Å². The monoisotopic (exact) mass is 242 g/mol. The molecular weight excluding hydrogens is 212 g/mol. The fourth-order valence-electron chi connectivity index (χ4n) is 2.91. The van der Waals surface area contributed by atoms with Crippen LogP contribution in [-0.2, 0) is 4.74 Å². The fraction of sp³-hybridized carbons (Fsp3) is 1.00. The lowest BCUT2D eigenvalue weighted by Gasteiger charge is -2.41. The summed E-state index contributed by atoms with van der Waals surface area (Å²) in [5, 5.41) is 0. The van der Waals surface area contributed by atoms with E-state index in [1.54, 1.807) is 0 Å². The number of nitrogens with zero attached hydrogens (tertiary/aromatic N) is 1. The van der Waals surface area contributed by atoms with Crippen LogP contribution in [-0.4, -0.2) is 43.8 Å². The van der Waals surface area contributed by atoms with Crippen LogP contribution in [0.3, 0.4) is 0 Å². The van der Waals surface area contributed by atoms with Crippen molar-refractivity contribution >= 4 is 0 Å². The van der Waals surface area contributed by atoms with Gasteiger partial charge in [-0.05, 0) is 33.2 Å². The molecule has 0 bridgehead atoms. The Labute approximate surface area is 107 Å². The van der Waals surface area contributed by atoms with Crippen LogP contribution in [0.4, 0.5) is 0 Å². The molecule has 0 aliphatic heterocycles. The molecule has 0 aromatic carbocycles. The summed E-state index contributed by atoms with van der Waals surface area (Å²) in [7, 11) is 2.24. The molecule has 1 aliphatic rings. The molecule has 0 unspecified atom stereocenters. The van der Waals surface area contributed by atoms with Gasteiger partial charge in [0.2, 0.25) is 0 Å². The van der Waals surface area contributed by atoms with Crippen molar-refractivity contribution in [1.82, 2.24) is 4.90 Å². The van der Waals surface area contributed by atoms with Gasteiger partial charge in [-0.3, -0.25) is 4.90 Å². The van der Waals surface area contributed by atoms with Crippen molar-refractivity contribution in [1.29, 1.82) is 0 Å². The molecule has 0 radical (unpaired) electrons. The lowest BCUT2D eigenvalue weighted by molar-refractivity contribution is 0.0837. The van der Waals surface area contributed by atoms with E-state index in [1.807, 2.05) is 0 Å². The summed E-state index contributed by atoms with van der Waals surface area (Å²) in [6.45, 7) is 5.67. The third kappa shape index (κ3) is 4.57. The number of hydrogen-bond donors (Lipinski definition) is 1. The van der Waals surface area contributed by atoms with Gasteiger partial charge in [0.15, 0.2) is 0 Å². The number of likely N-dealkylation sites (N-methyl/N-ethyl adjacent to an activating group) is 1. The first-order valence-electron chi connectivity index (χ1n) is 7.24. The van der Waals surface area contributed by atoms with Gasteiger partial charge in [-0.15, -0.1) is 0 Å². The maximum atomic E-state index is 6.07. The standard InChI is InChI=1S/C14H30N2O/c1-3-17-12-8-11-16(2)14(13-15)9-6-4-5-7-10-14/h3-13,15H2,1-2H3. The molecule has 1 rings (SSSR count). The molecule has 2 N–H and O–H groups in total. The van der Waals surface area contributed by atoms with E-state index in [2.05, 4.69) is 18.9 Å². The SMILES string of the molecule is CCOCCCN(C)C1(CN)CCCCCC1. The minimum atomic E-state index is 0.267. The zero-order valence-corrected chi connectivity index (χ0v) is 11.7. The Morgan fingerprint density at radius 3 is 2.35 bits per heavy atom. The van der Waals surface area contributed by atoms with E-state index in [1.165, 1.54) is 38.5 Å². The van der Waals surface area contributed by atoms with E-state index < -0.39 is 0 Å². The van der Waals surface area contributed by atoms with Gasteiger partial charge in [0.1, 0.15) is 0 Å². The van der Waals surface area contributed by atoms with Crippen molar-refractivity contribution in [3.8, 4) is 0 Å². The zero-order chi connectivity index (χ0) is 12.6. The number of nitrogens with two attached hydrogens (primary N) is 1. The van der Waals surface area contributed by atoms with Crippen molar-refractivity contribution in [2.75, 3.05) is 33.4 Å². The predicted octanol–water partition coefficient (Wildman–Crippen LogP) is 2.40. The van der Waals surface area contributed by atoms with Crippen molar-refractivity contribution in [3.05, 3.63) is 0 Å². The normalized spacial score (nSPS) is 20.5. The molecule has 0 saturated heterocycles. The van der Waals surface area contributed by atoms with Crippen molar-refractivity contribution in [3.63, 3.8) is 0 Å². The summed E-state index contributed by atoms with van der Waals surface area (Å²) < 4.78 is 5.40. The third-order valence-corrected chi connectivity index (χ3v) is 4.21. The number of ether oxygens (including phenoxy) is 1. The Hall–Kier alpha value is -0.120. The lowest BCUT2D eigenvalue weighted by atomic mass is 9.88. The van der Waals surface area contributed by atoms with Crippen LogP contribution in [0.5, 0.6) is 0 Å². The second-order valence-corrected chi connectivity index (χ2v) is 5.31. The Bertz CT molecular complexity index is 189. The first kappa shape index (κ1) is 14.9. The Kier molecular flexibility index (Phi) is 7.09. The molecule has 3 nitrogen and oxygen atoms in total. The molecule has 1 fully saturated rings. The van der Waals surface area contributed by atoms with E-state index in [4.69, 9.17) is 10.5 Å². The van der Waals surface area contributed by atoms with Crippen LogP contribution in [0.15, 0.2) is 0 Å². The summed E-state index contributed by atoms with van der Waals surface area (Å²) in [6, 6.07) is 0. The van der Waals surface area contributed by atoms with E-state index >= 15 is 0 Å². The molecule has 0 amide bonds. The first-order valence-corrected chi connectivity index (χ1v) is 7.24. The molecule has 1 saturated carbocycles. The summed E-state index contributed by atoms with van der Waals surface area (Å²) in [5.74, 6) is 0. The van der Waals surface area contributed by atoms with E-state index in [-0.39, 0.29) is 5.54 Å². The van der Waals surface area contributed by atoms with Gasteiger partial charge in [0.25, 0.3) is 0 Å². The Balaban J connectivity index is 2.40. The number of rotatable bonds is 7. The topological polar surface area (TPSA) is 38.5 Å². The largest absolute Gasteiger partial charge is 0.382 e. The van der Waals surface area contributed by atoms with Crippen molar-refractivity contribution < 1.29 is 4.74 Å². The molecule has 0 heterocycles. The van der Waals surface area contributed by atoms with E-state index in [9.17, 15) is 0 Å². The molecule has 102 valence electrons. The Morgan fingerprint density at radius 2 is 1.82 bits per heavy atom. The van der Waals surface area contributed by atoms with Gasteiger partial charge >= 0.3 is 0 Å². The maximum Gasteiger partial charge on any atom is 0.0478 e. The molecule has 1 aliphatic carbocycles. The maximum absolute atomic E-state index is 6.07. The average Bonchev–Trinajstić information content (AvgIpc) is 2.60. The molecule has 17 heavy (non-hydrogen) atoms. The minimum Gasteiger partial charge on any atom is -0.382 e. The first-order chi connectivity index (χ1) is 8.25. The van der Waals surface area contributed by atoms with Crippen LogP contribution in [0.25, 0.3) is 0 Å². The molecule has 3 heteroatoms. The van der Waals surface area contributed by atoms with Gasteiger partial charge in [0, 0.05) is 31.8 Å². The summed E-state index contributed by atoms with van der Waals surface area (Å²) in [6.07, 6.45) is 9.11. The van der Waals surface area contributed by atoms with Crippen LogP contribution in [0.2, 0.25) is 0 Å². The highest BCUT2D eigenvalue weighted by Crippen LogP contribution is 2.30. The summed E-state index contributed by atoms with van der Waals surface area (Å²) in [5.41, 5.74) is 6.33. The van der Waals surface area contributed by atoms with Crippen LogP contribution in [0.1, 0.15) is 51.9 Å². The van der Waals surface area contributed by atoms with Gasteiger partial charge in [0.05, 0.1) is 0 Å². The highest BCUT2D eigenvalue weighted by molar-refractivity contribution is 4.91. The van der Waals surface area contributed by atoms with Gasteiger partial charge < -0.3 is 10.5 Å². The molecule has 0 aromatic rings. The fourth-order valence-corrected chi connectivity index (χ4v) is 2.91. The van der Waals surface area contributed by atoms with Crippen LogP contribution < -0.4 is 5.73 Å². The Morgan fingerprint density at radius 1 is 1.18 bits per heavy atom. The average molecular weight is 242 g/mol. The minimum absolute atomic E-state index is 0.267. The third-order valence-electron chi connectivity index (χ3n) is 4.21. The predicted molar refractivity (Wildman–Crippen MR) is 73.2 cm³/mol. The van der Waals surface area contributed by atoms with Gasteiger partial charge in [-0.2, -0.15) is 0 Å². The smallest absolute Gasteiger partial charge is 0.0478 e. The lowest BCUT2D eigenvalue weighted by Crippen LogP contribution is -2.52. The highest BCUT2D eigenvalue weighted by atomic mass is 16.5. The highest BCUT2D eigenvalue weighted by Gasteiger charge is 2.33. The van der Waals surface area contributed by atoms with Crippen LogP contribution in [0, 0.1) is 0 Å². The summed E-state index contributed by atoms with van der Waals surface area (Å²) in [4.78, 5) is 2.50. The van der Waals surface area contributed by atoms with Crippen molar-refractivity contribution in [2.24, 2.45) is 5.73 Å². The quantitative estimate of drug-likeness (QED) is 0.550. The van der Waals surface area contributed by atoms with Gasteiger partial charge in [-0.25, -0.2) is 0 Å². The van der Waals surface area contributed by atoms with E-state index in [0.717, 1.165) is 32.7 Å². The molecule has 0 spiro atoms. The zero-order valence-electron chi connectivity index (χ0n) is 11.7. The molecular formula is C14H30N2O. The second-order valence-electron chi connectivity index (χ2n) is 5.31.